The summed E-state index contributed by atoms with van der Waals surface area (Å²) in [6.45, 7) is 1.50. The Kier molecular flexibility index (Phi) is 5.02. The van der Waals surface area contributed by atoms with Crippen LogP contribution in [0.4, 0.5) is 11.4 Å². The number of hydrogen-bond donors (Lipinski definition) is 3. The summed E-state index contributed by atoms with van der Waals surface area (Å²) in [5, 5.41) is 8.30. The minimum absolute atomic E-state index is 0.0180. The molecule has 0 spiro atoms. The van der Waals surface area contributed by atoms with E-state index in [-0.39, 0.29) is 35.9 Å². The van der Waals surface area contributed by atoms with Crippen molar-refractivity contribution in [1.29, 1.82) is 0 Å². The molecule has 1 aromatic rings. The van der Waals surface area contributed by atoms with Gasteiger partial charge in [-0.2, -0.15) is 0 Å². The van der Waals surface area contributed by atoms with Gasteiger partial charge in [-0.3, -0.25) is 9.59 Å². The summed E-state index contributed by atoms with van der Waals surface area (Å²) >= 11 is 0. The van der Waals surface area contributed by atoms with Crippen LogP contribution in [0.15, 0.2) is 24.3 Å². The Balaban J connectivity index is 1.77. The third-order valence-electron chi connectivity index (χ3n) is 3.26. The number of rotatable bonds is 5. The van der Waals surface area contributed by atoms with E-state index in [1.807, 2.05) is 0 Å². The molecule has 1 unspecified atom stereocenters. The molecule has 8 heteroatoms. The van der Waals surface area contributed by atoms with Crippen LogP contribution >= 0.6 is 0 Å². The number of sulfone groups is 1. The van der Waals surface area contributed by atoms with Crippen molar-refractivity contribution in [3.8, 4) is 0 Å². The third kappa shape index (κ3) is 5.03. The van der Waals surface area contributed by atoms with Crippen LogP contribution in [0.5, 0.6) is 0 Å². The lowest BCUT2D eigenvalue weighted by molar-refractivity contribution is -0.120. The van der Waals surface area contributed by atoms with E-state index in [9.17, 15) is 18.0 Å². The van der Waals surface area contributed by atoms with Gasteiger partial charge < -0.3 is 16.0 Å². The van der Waals surface area contributed by atoms with Crippen molar-refractivity contribution >= 4 is 33.0 Å². The Bertz CT molecular complexity index is 655. The second-order valence-electron chi connectivity index (χ2n) is 5.28. The van der Waals surface area contributed by atoms with Crippen molar-refractivity contribution in [2.45, 2.75) is 19.4 Å². The highest BCUT2D eigenvalue weighted by Gasteiger charge is 2.28. The predicted molar refractivity (Wildman–Crippen MR) is 84.4 cm³/mol. The van der Waals surface area contributed by atoms with Crippen LogP contribution in [0.1, 0.15) is 13.3 Å². The number of anilines is 2. The van der Waals surface area contributed by atoms with Gasteiger partial charge in [-0.25, -0.2) is 8.42 Å². The van der Waals surface area contributed by atoms with Crippen LogP contribution in [0, 0.1) is 0 Å². The molecule has 1 atom stereocenters. The van der Waals surface area contributed by atoms with Crippen LogP contribution < -0.4 is 16.0 Å². The van der Waals surface area contributed by atoms with Gasteiger partial charge in [-0.15, -0.1) is 0 Å². The normalized spacial score (nSPS) is 19.4. The van der Waals surface area contributed by atoms with E-state index < -0.39 is 9.84 Å². The molecular weight excluding hydrogens is 306 g/mol. The SMILES string of the molecule is CC(=O)Nc1ccc(NCC(=O)NC2CCS(=O)(=O)C2)cc1. The fourth-order valence-corrected chi connectivity index (χ4v) is 3.92. The number of benzene rings is 1. The molecular formula is C14H19N3O4S. The Morgan fingerprint density at radius 1 is 1.18 bits per heavy atom. The molecule has 1 fully saturated rings. The predicted octanol–water partition coefficient (Wildman–Crippen LogP) is 0.360. The molecule has 0 bridgehead atoms. The fourth-order valence-electron chi connectivity index (χ4n) is 2.24. The first-order chi connectivity index (χ1) is 10.3. The van der Waals surface area contributed by atoms with Crippen molar-refractivity contribution < 1.29 is 18.0 Å². The zero-order chi connectivity index (χ0) is 16.2. The molecule has 120 valence electrons. The Labute approximate surface area is 129 Å². The summed E-state index contributed by atoms with van der Waals surface area (Å²) in [6.07, 6.45) is 0.472. The van der Waals surface area contributed by atoms with Crippen molar-refractivity contribution in [2.24, 2.45) is 0 Å². The van der Waals surface area contributed by atoms with E-state index in [1.54, 1.807) is 24.3 Å². The van der Waals surface area contributed by atoms with Gasteiger partial charge in [-0.1, -0.05) is 0 Å². The minimum Gasteiger partial charge on any atom is -0.376 e. The fraction of sp³-hybridized carbons (Fsp3) is 0.429. The van der Waals surface area contributed by atoms with Crippen LogP contribution in [-0.4, -0.2) is 44.3 Å². The summed E-state index contributed by atoms with van der Waals surface area (Å²) in [5.41, 5.74) is 1.42. The lowest BCUT2D eigenvalue weighted by atomic mass is 10.2. The lowest BCUT2D eigenvalue weighted by Crippen LogP contribution is -2.39. The second kappa shape index (κ2) is 6.78. The maximum absolute atomic E-state index is 11.8. The summed E-state index contributed by atoms with van der Waals surface area (Å²) in [7, 11) is -2.99. The molecule has 7 nitrogen and oxygen atoms in total. The summed E-state index contributed by atoms with van der Waals surface area (Å²) in [6, 6.07) is 6.66. The Morgan fingerprint density at radius 3 is 2.36 bits per heavy atom. The lowest BCUT2D eigenvalue weighted by Gasteiger charge is -2.12. The molecule has 1 heterocycles. The standard InChI is InChI=1S/C14H19N3O4S/c1-10(18)16-12-4-2-11(3-5-12)15-8-14(19)17-13-6-7-22(20,21)9-13/h2-5,13,15H,6-9H2,1H3,(H,16,18)(H,17,19). The first-order valence-corrected chi connectivity index (χ1v) is 8.77. The molecule has 3 N–H and O–H groups in total. The number of amides is 2. The van der Waals surface area contributed by atoms with Gasteiger partial charge in [0.15, 0.2) is 9.84 Å². The zero-order valence-electron chi connectivity index (χ0n) is 12.3. The Hall–Kier alpha value is -2.09. The van der Waals surface area contributed by atoms with Crippen LogP contribution in [0.3, 0.4) is 0 Å². The number of nitrogens with one attached hydrogen (secondary N) is 3. The molecule has 1 aromatic carbocycles. The molecule has 0 radical (unpaired) electrons. The van der Waals surface area contributed by atoms with Gasteiger partial charge in [0, 0.05) is 24.3 Å². The topological polar surface area (TPSA) is 104 Å². The third-order valence-corrected chi connectivity index (χ3v) is 5.02. The molecule has 2 amide bonds. The monoisotopic (exact) mass is 325 g/mol. The quantitative estimate of drug-likeness (QED) is 0.725. The number of hydrogen-bond acceptors (Lipinski definition) is 5. The molecule has 0 aromatic heterocycles. The smallest absolute Gasteiger partial charge is 0.239 e. The van der Waals surface area contributed by atoms with Crippen LogP contribution in [0.25, 0.3) is 0 Å². The maximum atomic E-state index is 11.8. The Morgan fingerprint density at radius 2 is 1.82 bits per heavy atom. The van der Waals surface area contributed by atoms with Gasteiger partial charge in [0.25, 0.3) is 0 Å². The summed E-state index contributed by atoms with van der Waals surface area (Å²) < 4.78 is 22.6. The van der Waals surface area contributed by atoms with E-state index in [1.165, 1.54) is 6.92 Å². The average Bonchev–Trinajstić information content (AvgIpc) is 2.76. The molecule has 1 aliphatic rings. The molecule has 0 aliphatic carbocycles. The second-order valence-corrected chi connectivity index (χ2v) is 7.51. The highest BCUT2D eigenvalue weighted by Crippen LogP contribution is 2.13. The van der Waals surface area contributed by atoms with Crippen LogP contribution in [-0.2, 0) is 19.4 Å². The van der Waals surface area contributed by atoms with Crippen LogP contribution in [0.2, 0.25) is 0 Å². The maximum Gasteiger partial charge on any atom is 0.239 e. The highest BCUT2D eigenvalue weighted by atomic mass is 32.2. The number of carbonyl (C=O) groups is 2. The van der Waals surface area contributed by atoms with Gasteiger partial charge in [0.05, 0.1) is 18.1 Å². The van der Waals surface area contributed by atoms with Gasteiger partial charge in [-0.05, 0) is 30.7 Å². The first-order valence-electron chi connectivity index (χ1n) is 6.95. The highest BCUT2D eigenvalue weighted by molar-refractivity contribution is 7.91. The molecule has 1 saturated heterocycles. The van der Waals surface area contributed by atoms with E-state index in [0.717, 1.165) is 5.69 Å². The van der Waals surface area contributed by atoms with Gasteiger partial charge >= 0.3 is 0 Å². The van der Waals surface area contributed by atoms with E-state index in [2.05, 4.69) is 16.0 Å². The van der Waals surface area contributed by atoms with Gasteiger partial charge in [0.1, 0.15) is 0 Å². The molecule has 2 rings (SSSR count). The molecule has 0 saturated carbocycles. The molecule has 22 heavy (non-hydrogen) atoms. The van der Waals surface area contributed by atoms with E-state index in [0.29, 0.717) is 12.1 Å². The summed E-state index contributed by atoms with van der Waals surface area (Å²) in [4.78, 5) is 22.7. The van der Waals surface area contributed by atoms with Crippen molar-refractivity contribution in [1.82, 2.24) is 5.32 Å². The van der Waals surface area contributed by atoms with Crippen molar-refractivity contribution in [3.05, 3.63) is 24.3 Å². The van der Waals surface area contributed by atoms with E-state index >= 15 is 0 Å². The summed E-state index contributed by atoms with van der Waals surface area (Å²) in [5.74, 6) is -0.236. The van der Waals surface area contributed by atoms with Gasteiger partial charge in [0.2, 0.25) is 11.8 Å². The van der Waals surface area contributed by atoms with Crippen molar-refractivity contribution in [3.63, 3.8) is 0 Å². The van der Waals surface area contributed by atoms with E-state index in [4.69, 9.17) is 0 Å². The average molecular weight is 325 g/mol. The zero-order valence-corrected chi connectivity index (χ0v) is 13.1. The molecule has 1 aliphatic heterocycles. The first kappa shape index (κ1) is 16.3. The largest absolute Gasteiger partial charge is 0.376 e. The number of carbonyl (C=O) groups excluding carboxylic acids is 2. The minimum atomic E-state index is -2.99. The van der Waals surface area contributed by atoms with Crippen molar-refractivity contribution in [2.75, 3.05) is 28.7 Å².